The molecule has 280 valence electrons. The molecule has 0 spiro atoms. The maximum Gasteiger partial charge on any atom is 0.0542 e. The van der Waals surface area contributed by atoms with Crippen molar-refractivity contribution in [3.05, 3.63) is 230 Å². The van der Waals surface area contributed by atoms with Crippen molar-refractivity contribution in [3.63, 3.8) is 0 Å². The van der Waals surface area contributed by atoms with Gasteiger partial charge in [0, 0.05) is 27.6 Å². The molecule has 0 fully saturated rings. The summed E-state index contributed by atoms with van der Waals surface area (Å²) in [5.74, 6) is 0. The first kappa shape index (κ1) is 34.8. The third kappa shape index (κ3) is 5.87. The monoisotopic (exact) mass is 754 g/mol. The van der Waals surface area contributed by atoms with E-state index in [0.29, 0.717) is 0 Å². The zero-order chi connectivity index (χ0) is 39.5. The second-order valence-electron chi connectivity index (χ2n) is 16.2. The van der Waals surface area contributed by atoms with Gasteiger partial charge in [-0.3, -0.25) is 0 Å². The van der Waals surface area contributed by atoms with E-state index >= 15 is 0 Å². The molecule has 2 heterocycles. The van der Waals surface area contributed by atoms with Crippen LogP contribution in [0.2, 0.25) is 0 Å². The van der Waals surface area contributed by atoms with Gasteiger partial charge in [-0.25, -0.2) is 0 Å². The van der Waals surface area contributed by atoms with Gasteiger partial charge in [0.1, 0.15) is 0 Å². The highest BCUT2D eigenvalue weighted by Crippen LogP contribution is 2.54. The number of hydrogen-bond acceptors (Lipinski definition) is 1. The predicted molar refractivity (Wildman–Crippen MR) is 249 cm³/mol. The maximum absolute atomic E-state index is 2.50. The summed E-state index contributed by atoms with van der Waals surface area (Å²) in [7, 11) is 0. The zero-order valence-corrected chi connectivity index (χ0v) is 33.2. The number of benzene rings is 9. The van der Waals surface area contributed by atoms with Crippen LogP contribution in [0.3, 0.4) is 0 Å². The smallest absolute Gasteiger partial charge is 0.0542 e. The van der Waals surface area contributed by atoms with Crippen LogP contribution in [0.25, 0.3) is 72.0 Å². The van der Waals surface area contributed by atoms with Crippen molar-refractivity contribution < 1.29 is 0 Å². The summed E-state index contributed by atoms with van der Waals surface area (Å²) in [4.78, 5) is 2.50. The van der Waals surface area contributed by atoms with Gasteiger partial charge in [-0.15, -0.1) is 0 Å². The van der Waals surface area contributed by atoms with Gasteiger partial charge in [0.15, 0.2) is 0 Å². The molecule has 0 N–H and O–H groups in total. The molecule has 0 radical (unpaired) electrons. The van der Waals surface area contributed by atoms with Crippen molar-refractivity contribution in [2.75, 3.05) is 4.90 Å². The lowest BCUT2D eigenvalue weighted by atomic mass is 9.72. The second kappa shape index (κ2) is 13.9. The molecule has 2 heteroatoms. The van der Waals surface area contributed by atoms with Gasteiger partial charge in [0.2, 0.25) is 0 Å². The van der Waals surface area contributed by atoms with E-state index in [1.54, 1.807) is 0 Å². The predicted octanol–water partition coefficient (Wildman–Crippen LogP) is 15.6. The van der Waals surface area contributed by atoms with E-state index in [1.807, 2.05) is 0 Å². The molecule has 0 saturated heterocycles. The van der Waals surface area contributed by atoms with Gasteiger partial charge in [0.25, 0.3) is 0 Å². The molecule has 2 nitrogen and oxygen atoms in total. The standard InChI is InChI=1S/C57H42N2/c1-57(2)51-36-45(41-19-11-5-12-20-41)26-32-55(51)59(56-33-27-46(37-52(56)57)42-21-13-6-14-22-42)48-30-34-54-50(38-48)49-35-44(40-17-9-4-10-18-40)25-31-53(49)58(54)47-28-23-43(24-29-47)39-15-7-3-8-16-39/h3-38H,1-2H3. The molecule has 0 amide bonds. The van der Waals surface area contributed by atoms with E-state index < -0.39 is 0 Å². The molecule has 0 saturated carbocycles. The lowest BCUT2D eigenvalue weighted by Gasteiger charge is -2.42. The number of rotatable bonds is 6. The molecule has 9 aromatic carbocycles. The van der Waals surface area contributed by atoms with Crippen molar-refractivity contribution in [1.82, 2.24) is 4.57 Å². The van der Waals surface area contributed by atoms with Crippen molar-refractivity contribution in [3.8, 4) is 50.2 Å². The van der Waals surface area contributed by atoms with E-state index in [-0.39, 0.29) is 5.41 Å². The third-order valence-corrected chi connectivity index (χ3v) is 12.4. The van der Waals surface area contributed by atoms with Gasteiger partial charge in [-0.1, -0.05) is 166 Å². The first-order chi connectivity index (χ1) is 29.0. The maximum atomic E-state index is 2.50. The summed E-state index contributed by atoms with van der Waals surface area (Å²) in [6, 6.07) is 79.9. The Bertz CT molecular complexity index is 3050. The average Bonchev–Trinajstić information content (AvgIpc) is 3.63. The number of anilines is 3. The summed E-state index contributed by atoms with van der Waals surface area (Å²) in [5.41, 5.74) is 19.2. The Hall–Kier alpha value is -7.42. The second-order valence-corrected chi connectivity index (χ2v) is 16.2. The van der Waals surface area contributed by atoms with Crippen LogP contribution in [0, 0.1) is 0 Å². The highest BCUT2D eigenvalue weighted by Gasteiger charge is 2.37. The number of hydrogen-bond donors (Lipinski definition) is 0. The van der Waals surface area contributed by atoms with Crippen LogP contribution in [0.15, 0.2) is 218 Å². The average molecular weight is 755 g/mol. The van der Waals surface area contributed by atoms with Gasteiger partial charge in [-0.2, -0.15) is 0 Å². The number of aromatic nitrogens is 1. The minimum atomic E-state index is -0.257. The fourth-order valence-electron chi connectivity index (χ4n) is 9.31. The summed E-state index contributed by atoms with van der Waals surface area (Å²) in [6.07, 6.45) is 0. The Morgan fingerprint density at radius 1 is 0.305 bits per heavy atom. The highest BCUT2D eigenvalue weighted by atomic mass is 15.2. The summed E-state index contributed by atoms with van der Waals surface area (Å²) < 4.78 is 2.43. The lowest BCUT2D eigenvalue weighted by Crippen LogP contribution is -2.30. The Balaban J connectivity index is 1.13. The fraction of sp³-hybridized carbons (Fsp3) is 0.0526. The van der Waals surface area contributed by atoms with Crippen molar-refractivity contribution in [1.29, 1.82) is 0 Å². The van der Waals surface area contributed by atoms with Crippen LogP contribution < -0.4 is 4.90 Å². The fourth-order valence-corrected chi connectivity index (χ4v) is 9.31. The van der Waals surface area contributed by atoms with E-state index in [2.05, 4.69) is 242 Å². The molecule has 0 atom stereocenters. The van der Waals surface area contributed by atoms with Crippen molar-refractivity contribution >= 4 is 38.9 Å². The largest absolute Gasteiger partial charge is 0.310 e. The van der Waals surface area contributed by atoms with Crippen LogP contribution in [0.5, 0.6) is 0 Å². The molecule has 11 rings (SSSR count). The molecule has 59 heavy (non-hydrogen) atoms. The molecule has 1 aromatic heterocycles. The van der Waals surface area contributed by atoms with Gasteiger partial charge in [0.05, 0.1) is 22.4 Å². The SMILES string of the molecule is CC1(C)c2cc(-c3ccccc3)ccc2N(c2ccc3c(c2)c2cc(-c4ccccc4)ccc2n3-c2ccc(-c3ccccc3)cc2)c2ccc(-c3ccccc3)cc21. The number of fused-ring (bicyclic) bond motifs is 5. The van der Waals surface area contributed by atoms with Gasteiger partial charge >= 0.3 is 0 Å². The van der Waals surface area contributed by atoms with Crippen molar-refractivity contribution in [2.24, 2.45) is 0 Å². The molecule has 0 bridgehead atoms. The van der Waals surface area contributed by atoms with Crippen LogP contribution in [0.4, 0.5) is 17.1 Å². The molecule has 1 aliphatic heterocycles. The van der Waals surface area contributed by atoms with Crippen LogP contribution in [-0.4, -0.2) is 4.57 Å². The van der Waals surface area contributed by atoms with Gasteiger partial charge < -0.3 is 9.47 Å². The first-order valence-corrected chi connectivity index (χ1v) is 20.5. The van der Waals surface area contributed by atoms with Gasteiger partial charge in [-0.05, 0) is 122 Å². The lowest BCUT2D eigenvalue weighted by molar-refractivity contribution is 0.632. The molecule has 0 unspecified atom stereocenters. The minimum absolute atomic E-state index is 0.257. The van der Waals surface area contributed by atoms with Crippen molar-refractivity contribution in [2.45, 2.75) is 19.3 Å². The Morgan fingerprint density at radius 2 is 0.661 bits per heavy atom. The molecular formula is C57H42N2. The third-order valence-electron chi connectivity index (χ3n) is 12.4. The minimum Gasteiger partial charge on any atom is -0.310 e. The Morgan fingerprint density at radius 3 is 1.15 bits per heavy atom. The Labute approximate surface area is 345 Å². The topological polar surface area (TPSA) is 8.17 Å². The van der Waals surface area contributed by atoms with E-state index in [0.717, 1.165) is 11.4 Å². The van der Waals surface area contributed by atoms with Crippen LogP contribution in [0.1, 0.15) is 25.0 Å². The Kier molecular flexibility index (Phi) is 8.20. The molecule has 10 aromatic rings. The molecule has 1 aliphatic rings. The molecule has 0 aliphatic carbocycles. The summed E-state index contributed by atoms with van der Waals surface area (Å²) in [6.45, 7) is 4.77. The normalized spacial score (nSPS) is 13.0. The molecular weight excluding hydrogens is 713 g/mol. The van der Waals surface area contributed by atoms with E-state index in [1.165, 1.54) is 88.8 Å². The summed E-state index contributed by atoms with van der Waals surface area (Å²) in [5, 5.41) is 2.45. The zero-order valence-electron chi connectivity index (χ0n) is 33.2. The summed E-state index contributed by atoms with van der Waals surface area (Å²) >= 11 is 0. The highest BCUT2D eigenvalue weighted by molar-refractivity contribution is 6.12. The first-order valence-electron chi connectivity index (χ1n) is 20.5. The quantitative estimate of drug-likeness (QED) is 0.164. The number of nitrogens with zero attached hydrogens (tertiary/aromatic N) is 2. The van der Waals surface area contributed by atoms with E-state index in [9.17, 15) is 0 Å². The van der Waals surface area contributed by atoms with Crippen LogP contribution >= 0.6 is 0 Å². The van der Waals surface area contributed by atoms with E-state index in [4.69, 9.17) is 0 Å². The van der Waals surface area contributed by atoms with Crippen LogP contribution in [-0.2, 0) is 5.41 Å².